The molecule has 0 spiro atoms. The number of non-ortho nitro benzene ring substituents is 1. The van der Waals surface area contributed by atoms with Gasteiger partial charge in [-0.05, 0) is 30.7 Å². The minimum Gasteiger partial charge on any atom is -0.271 e. The molecule has 24 heavy (non-hydrogen) atoms. The Labute approximate surface area is 136 Å². The molecule has 0 saturated heterocycles. The number of rotatable bonds is 5. The molecule has 1 N–H and O–H groups in total. The van der Waals surface area contributed by atoms with Gasteiger partial charge in [-0.15, -0.1) is 0 Å². The zero-order valence-corrected chi connectivity index (χ0v) is 12.5. The maximum absolute atomic E-state index is 11.0. The van der Waals surface area contributed by atoms with Gasteiger partial charge >= 0.3 is 5.69 Å². The highest BCUT2D eigenvalue weighted by Crippen LogP contribution is 2.29. The van der Waals surface area contributed by atoms with Gasteiger partial charge in [-0.1, -0.05) is 12.1 Å². The molecule has 2 aromatic carbocycles. The molecule has 0 aliphatic carbocycles. The normalized spacial score (nSPS) is 10.8. The standard InChI is InChI=1S/C15H11N5O4/c1-10(12-4-2-11(9-16)3-5-12)17-18-14-7-6-13(19(21)22)8-15(14)20(23)24/h2-8,18H,1H3/b17-10-. The number of nitrogens with zero attached hydrogens (tertiary/aromatic N) is 4. The maximum atomic E-state index is 11.0. The molecule has 0 bridgehead atoms. The van der Waals surface area contributed by atoms with E-state index in [0.717, 1.165) is 17.7 Å². The molecule has 0 unspecified atom stereocenters. The molecule has 2 aromatic rings. The Morgan fingerprint density at radius 3 is 2.33 bits per heavy atom. The number of hydrogen-bond donors (Lipinski definition) is 1. The van der Waals surface area contributed by atoms with E-state index in [1.54, 1.807) is 31.2 Å². The van der Waals surface area contributed by atoms with Crippen LogP contribution in [0.25, 0.3) is 0 Å². The van der Waals surface area contributed by atoms with Gasteiger partial charge in [-0.2, -0.15) is 10.4 Å². The number of hydrogen-bond acceptors (Lipinski definition) is 7. The summed E-state index contributed by atoms with van der Waals surface area (Å²) < 4.78 is 0. The summed E-state index contributed by atoms with van der Waals surface area (Å²) in [5, 5.41) is 34.6. The van der Waals surface area contributed by atoms with Gasteiger partial charge in [0.1, 0.15) is 5.69 Å². The summed E-state index contributed by atoms with van der Waals surface area (Å²) in [6, 6.07) is 11.9. The number of hydrazone groups is 1. The minimum atomic E-state index is -0.720. The summed E-state index contributed by atoms with van der Waals surface area (Å²) in [7, 11) is 0. The zero-order valence-electron chi connectivity index (χ0n) is 12.5. The number of nitriles is 1. The predicted octanol–water partition coefficient (Wildman–Crippen LogP) is 3.21. The Morgan fingerprint density at radius 2 is 1.79 bits per heavy atom. The molecule has 0 amide bonds. The summed E-state index contributed by atoms with van der Waals surface area (Å²) in [6.07, 6.45) is 0. The van der Waals surface area contributed by atoms with Crippen molar-refractivity contribution in [3.8, 4) is 6.07 Å². The fraction of sp³-hybridized carbons (Fsp3) is 0.0667. The lowest BCUT2D eigenvalue weighted by atomic mass is 10.1. The van der Waals surface area contributed by atoms with Gasteiger partial charge in [0, 0.05) is 6.07 Å². The number of nitro groups is 2. The van der Waals surface area contributed by atoms with Crippen LogP contribution in [0.15, 0.2) is 47.6 Å². The second kappa shape index (κ2) is 6.97. The van der Waals surface area contributed by atoms with Gasteiger partial charge in [-0.25, -0.2) is 0 Å². The maximum Gasteiger partial charge on any atom is 0.301 e. The minimum absolute atomic E-state index is 0.0404. The first-order valence-electron chi connectivity index (χ1n) is 6.66. The Hall–Kier alpha value is -3.80. The molecule has 0 fully saturated rings. The summed E-state index contributed by atoms with van der Waals surface area (Å²) >= 11 is 0. The van der Waals surface area contributed by atoms with Gasteiger partial charge in [0.2, 0.25) is 0 Å². The first-order chi connectivity index (χ1) is 11.4. The van der Waals surface area contributed by atoms with Gasteiger partial charge in [0.15, 0.2) is 0 Å². The molecule has 9 heteroatoms. The summed E-state index contributed by atoms with van der Waals surface area (Å²) in [6.45, 7) is 1.69. The molecule has 0 aromatic heterocycles. The molecule has 0 heterocycles. The van der Waals surface area contributed by atoms with Gasteiger partial charge in [0.05, 0.1) is 33.3 Å². The monoisotopic (exact) mass is 325 g/mol. The van der Waals surface area contributed by atoms with Crippen molar-refractivity contribution in [2.75, 3.05) is 5.43 Å². The molecular weight excluding hydrogens is 314 g/mol. The summed E-state index contributed by atoms with van der Waals surface area (Å²) in [5.74, 6) is 0. The first-order valence-corrected chi connectivity index (χ1v) is 6.66. The van der Waals surface area contributed by atoms with Gasteiger partial charge in [0.25, 0.3) is 5.69 Å². The highest BCUT2D eigenvalue weighted by atomic mass is 16.6. The molecule has 2 rings (SSSR count). The third kappa shape index (κ3) is 3.69. The number of benzene rings is 2. The van der Waals surface area contributed by atoms with Crippen molar-refractivity contribution < 1.29 is 9.85 Å². The Bertz CT molecular complexity index is 868. The molecule has 0 saturated carbocycles. The average molecular weight is 325 g/mol. The SMILES string of the molecule is C/C(=N/Nc1ccc([N+](=O)[O-])cc1[N+](=O)[O-])c1ccc(C#N)cc1. The van der Waals surface area contributed by atoms with E-state index in [2.05, 4.69) is 10.5 Å². The van der Waals surface area contributed by atoms with Crippen LogP contribution in [0.3, 0.4) is 0 Å². The van der Waals surface area contributed by atoms with Crippen LogP contribution < -0.4 is 5.43 Å². The van der Waals surface area contributed by atoms with Crippen LogP contribution in [0.4, 0.5) is 17.1 Å². The number of anilines is 1. The van der Waals surface area contributed by atoms with Crippen molar-refractivity contribution in [3.63, 3.8) is 0 Å². The van der Waals surface area contributed by atoms with Crippen molar-refractivity contribution in [1.82, 2.24) is 0 Å². The van der Waals surface area contributed by atoms with Crippen LogP contribution in [0.2, 0.25) is 0 Å². The molecule has 0 aliphatic heterocycles. The zero-order chi connectivity index (χ0) is 17.7. The summed E-state index contributed by atoms with van der Waals surface area (Å²) in [4.78, 5) is 20.3. The highest BCUT2D eigenvalue weighted by Gasteiger charge is 2.19. The smallest absolute Gasteiger partial charge is 0.271 e. The van der Waals surface area contributed by atoms with E-state index < -0.39 is 15.5 Å². The van der Waals surface area contributed by atoms with Crippen LogP contribution in [-0.4, -0.2) is 15.6 Å². The number of nitro benzene ring substituents is 2. The summed E-state index contributed by atoms with van der Waals surface area (Å²) in [5.41, 5.74) is 3.54. The lowest BCUT2D eigenvalue weighted by Crippen LogP contribution is -2.02. The fourth-order valence-electron chi connectivity index (χ4n) is 1.87. The molecule has 9 nitrogen and oxygen atoms in total. The van der Waals surface area contributed by atoms with Crippen LogP contribution in [-0.2, 0) is 0 Å². The van der Waals surface area contributed by atoms with E-state index in [1.807, 2.05) is 6.07 Å². The van der Waals surface area contributed by atoms with Crippen LogP contribution >= 0.6 is 0 Å². The third-order valence-electron chi connectivity index (χ3n) is 3.16. The largest absolute Gasteiger partial charge is 0.301 e. The number of nitrogens with one attached hydrogen (secondary N) is 1. The van der Waals surface area contributed by atoms with Gasteiger partial charge < -0.3 is 0 Å². The van der Waals surface area contributed by atoms with E-state index in [4.69, 9.17) is 5.26 Å². The van der Waals surface area contributed by atoms with E-state index in [9.17, 15) is 20.2 Å². The Morgan fingerprint density at radius 1 is 1.12 bits per heavy atom. The van der Waals surface area contributed by atoms with E-state index >= 15 is 0 Å². The quantitative estimate of drug-likeness (QED) is 0.509. The predicted molar refractivity (Wildman–Crippen MR) is 86.7 cm³/mol. The average Bonchev–Trinajstić information content (AvgIpc) is 2.59. The Balaban J connectivity index is 2.28. The van der Waals surface area contributed by atoms with Crippen LogP contribution in [0.1, 0.15) is 18.1 Å². The molecule has 120 valence electrons. The second-order valence-electron chi connectivity index (χ2n) is 4.71. The van der Waals surface area contributed by atoms with Crippen molar-refractivity contribution in [2.45, 2.75) is 6.92 Å². The van der Waals surface area contributed by atoms with Gasteiger partial charge in [-0.3, -0.25) is 25.7 Å². The lowest BCUT2D eigenvalue weighted by Gasteiger charge is -2.05. The third-order valence-corrected chi connectivity index (χ3v) is 3.16. The molecule has 0 aliphatic rings. The van der Waals surface area contributed by atoms with Crippen molar-refractivity contribution in [2.24, 2.45) is 5.10 Å². The molecule has 0 atom stereocenters. The van der Waals surface area contributed by atoms with Crippen LogP contribution in [0.5, 0.6) is 0 Å². The molecular formula is C15H11N5O4. The van der Waals surface area contributed by atoms with E-state index in [0.29, 0.717) is 11.3 Å². The fourth-order valence-corrected chi connectivity index (χ4v) is 1.87. The van der Waals surface area contributed by atoms with E-state index in [1.165, 1.54) is 6.07 Å². The lowest BCUT2D eigenvalue weighted by molar-refractivity contribution is -0.393. The highest BCUT2D eigenvalue weighted by molar-refractivity contribution is 5.99. The topological polar surface area (TPSA) is 134 Å². The Kier molecular flexibility index (Phi) is 4.81. The van der Waals surface area contributed by atoms with Crippen LogP contribution in [0, 0.1) is 31.6 Å². The van der Waals surface area contributed by atoms with Crippen molar-refractivity contribution >= 4 is 22.8 Å². The molecule has 0 radical (unpaired) electrons. The second-order valence-corrected chi connectivity index (χ2v) is 4.71. The first kappa shape index (κ1) is 16.6. The van der Waals surface area contributed by atoms with E-state index in [-0.39, 0.29) is 11.4 Å². The van der Waals surface area contributed by atoms with Crippen molar-refractivity contribution in [3.05, 3.63) is 73.8 Å². The van der Waals surface area contributed by atoms with Crippen molar-refractivity contribution in [1.29, 1.82) is 5.26 Å².